The zero-order valence-corrected chi connectivity index (χ0v) is 8.54. The zero-order valence-electron chi connectivity index (χ0n) is 8.54. The second-order valence-electron chi connectivity index (χ2n) is 3.84. The normalized spacial score (nSPS) is 11.0. The van der Waals surface area contributed by atoms with Crippen LogP contribution in [0.1, 0.15) is 5.56 Å². The van der Waals surface area contributed by atoms with Crippen LogP contribution in [0.3, 0.4) is 0 Å². The Kier molecular flexibility index (Phi) is 1.75. The van der Waals surface area contributed by atoms with Crippen molar-refractivity contribution >= 4 is 21.5 Å². The molecule has 3 aromatic rings. The molecule has 0 unspecified atom stereocenters. The Balaban J connectivity index is 2.47. The van der Waals surface area contributed by atoms with Crippen molar-refractivity contribution in [3.63, 3.8) is 0 Å². The minimum atomic E-state index is 1.13. The maximum atomic E-state index is 3.42. The summed E-state index contributed by atoms with van der Waals surface area (Å²) >= 11 is 0. The topological polar surface area (TPSA) is 0 Å². The Bertz CT molecular complexity index is 636. The molecular weight excluding hydrogens is 180 g/mol. The Labute approximate surface area is 89.2 Å². The molecule has 2 radical (unpaired) electrons. The summed E-state index contributed by atoms with van der Waals surface area (Å²) in [6.07, 6.45) is 0. The average Bonchev–Trinajstić information content (AvgIpc) is 2.26. The molecule has 15 heavy (non-hydrogen) atoms. The fourth-order valence-corrected chi connectivity index (χ4v) is 1.86. The van der Waals surface area contributed by atoms with Crippen LogP contribution >= 0.6 is 0 Å². The summed E-state index contributed by atoms with van der Waals surface area (Å²) in [4.78, 5) is 0. The Morgan fingerprint density at radius 3 is 2.07 bits per heavy atom. The standard InChI is InChI=1S/C15H10/c1-11-6-7-14-9-12-4-2-3-5-13(12)10-15(14)8-11/h2-8H,1H3. The molecule has 0 saturated heterocycles. The lowest BCUT2D eigenvalue weighted by Gasteiger charge is -2.01. The molecule has 0 nitrogen and oxygen atoms in total. The van der Waals surface area contributed by atoms with E-state index < -0.39 is 0 Å². The molecule has 0 saturated carbocycles. The smallest absolute Gasteiger partial charge is 0.00138 e. The second-order valence-corrected chi connectivity index (χ2v) is 3.84. The maximum absolute atomic E-state index is 3.42. The van der Waals surface area contributed by atoms with Crippen LogP contribution in [0.2, 0.25) is 0 Å². The minimum Gasteiger partial charge on any atom is -0.0616 e. The third-order valence-corrected chi connectivity index (χ3v) is 2.64. The third-order valence-electron chi connectivity index (χ3n) is 2.64. The number of hydrogen-bond donors (Lipinski definition) is 0. The van der Waals surface area contributed by atoms with Crippen molar-refractivity contribution in [3.05, 3.63) is 60.2 Å². The number of hydrogen-bond acceptors (Lipinski definition) is 0. The predicted octanol–water partition coefficient (Wildman–Crippen LogP) is 3.90. The maximum Gasteiger partial charge on any atom is -0.00138 e. The molecule has 0 aliphatic heterocycles. The van der Waals surface area contributed by atoms with Gasteiger partial charge >= 0.3 is 0 Å². The van der Waals surface area contributed by atoms with Gasteiger partial charge in [-0.25, -0.2) is 0 Å². The van der Waals surface area contributed by atoms with E-state index in [0.717, 1.165) is 21.5 Å². The summed E-state index contributed by atoms with van der Waals surface area (Å²) in [5, 5.41) is 4.55. The van der Waals surface area contributed by atoms with E-state index in [0.29, 0.717) is 0 Å². The first kappa shape index (κ1) is 8.49. The van der Waals surface area contributed by atoms with Crippen LogP contribution in [0.4, 0.5) is 0 Å². The summed E-state index contributed by atoms with van der Waals surface area (Å²) in [5.41, 5.74) is 1.27. The van der Waals surface area contributed by atoms with Gasteiger partial charge < -0.3 is 0 Å². The molecule has 0 bridgehead atoms. The van der Waals surface area contributed by atoms with E-state index in [2.05, 4.69) is 49.4 Å². The van der Waals surface area contributed by atoms with Crippen molar-refractivity contribution in [3.8, 4) is 0 Å². The minimum absolute atomic E-state index is 1.13. The summed E-state index contributed by atoms with van der Waals surface area (Å²) < 4.78 is 0. The highest BCUT2D eigenvalue weighted by Gasteiger charge is 1.98. The molecular formula is C15H10. The van der Waals surface area contributed by atoms with Gasteiger partial charge in [-0.2, -0.15) is 0 Å². The van der Waals surface area contributed by atoms with Gasteiger partial charge in [0.15, 0.2) is 0 Å². The van der Waals surface area contributed by atoms with Crippen LogP contribution < -0.4 is 0 Å². The second kappa shape index (κ2) is 3.09. The van der Waals surface area contributed by atoms with Crippen LogP contribution in [0.25, 0.3) is 21.5 Å². The predicted molar refractivity (Wildman–Crippen MR) is 63.9 cm³/mol. The average molecular weight is 190 g/mol. The van der Waals surface area contributed by atoms with Crippen molar-refractivity contribution in [1.29, 1.82) is 0 Å². The van der Waals surface area contributed by atoms with Crippen molar-refractivity contribution in [1.82, 2.24) is 0 Å². The van der Waals surface area contributed by atoms with Crippen molar-refractivity contribution in [2.24, 2.45) is 0 Å². The van der Waals surface area contributed by atoms with E-state index in [4.69, 9.17) is 0 Å². The molecule has 0 aliphatic rings. The van der Waals surface area contributed by atoms with Gasteiger partial charge in [-0.3, -0.25) is 0 Å². The Morgan fingerprint density at radius 1 is 0.733 bits per heavy atom. The first-order valence-electron chi connectivity index (χ1n) is 5.07. The van der Waals surface area contributed by atoms with E-state index >= 15 is 0 Å². The first-order valence-corrected chi connectivity index (χ1v) is 5.07. The molecule has 0 fully saturated rings. The highest BCUT2D eigenvalue weighted by Crippen LogP contribution is 2.22. The molecule has 0 spiro atoms. The van der Waals surface area contributed by atoms with Crippen LogP contribution in [-0.2, 0) is 0 Å². The summed E-state index contributed by atoms with van der Waals surface area (Å²) in [6.45, 7) is 2.10. The molecule has 0 aromatic heterocycles. The van der Waals surface area contributed by atoms with Crippen LogP contribution in [-0.4, -0.2) is 0 Å². The summed E-state index contributed by atoms with van der Waals surface area (Å²) in [6, 6.07) is 21.4. The zero-order chi connectivity index (χ0) is 10.3. The summed E-state index contributed by atoms with van der Waals surface area (Å²) in [7, 11) is 0. The van der Waals surface area contributed by atoms with Gasteiger partial charge in [0.2, 0.25) is 0 Å². The SMILES string of the molecule is Cc1ccc2[c]c3ccccc3[c]c2c1. The lowest BCUT2D eigenvalue weighted by molar-refractivity contribution is 1.51. The van der Waals surface area contributed by atoms with Crippen LogP contribution in [0.5, 0.6) is 0 Å². The highest BCUT2D eigenvalue weighted by atomic mass is 14.0. The van der Waals surface area contributed by atoms with Gasteiger partial charge in [0.25, 0.3) is 0 Å². The third kappa shape index (κ3) is 1.39. The molecule has 0 N–H and O–H groups in total. The van der Waals surface area contributed by atoms with E-state index in [-0.39, 0.29) is 0 Å². The monoisotopic (exact) mass is 190 g/mol. The number of benzene rings is 3. The lowest BCUT2D eigenvalue weighted by atomic mass is 10.0. The van der Waals surface area contributed by atoms with Crippen molar-refractivity contribution in [2.75, 3.05) is 0 Å². The van der Waals surface area contributed by atoms with Gasteiger partial charge in [-0.15, -0.1) is 0 Å². The quantitative estimate of drug-likeness (QED) is 0.471. The molecule has 0 amide bonds. The molecule has 3 aromatic carbocycles. The van der Waals surface area contributed by atoms with Crippen molar-refractivity contribution in [2.45, 2.75) is 6.92 Å². The number of fused-ring (bicyclic) bond motifs is 2. The molecule has 0 aliphatic carbocycles. The van der Waals surface area contributed by atoms with E-state index in [1.807, 2.05) is 12.1 Å². The molecule has 0 atom stereocenters. The summed E-state index contributed by atoms with van der Waals surface area (Å²) in [5.74, 6) is 0. The van der Waals surface area contributed by atoms with Gasteiger partial charge in [0.05, 0.1) is 0 Å². The van der Waals surface area contributed by atoms with Crippen molar-refractivity contribution < 1.29 is 0 Å². The van der Waals surface area contributed by atoms with E-state index in [1.165, 1.54) is 5.56 Å². The molecule has 3 rings (SSSR count). The van der Waals surface area contributed by atoms with Gasteiger partial charge in [0.1, 0.15) is 0 Å². The fourth-order valence-electron chi connectivity index (χ4n) is 1.86. The fraction of sp³-hybridized carbons (Fsp3) is 0.0667. The largest absolute Gasteiger partial charge is 0.0616 e. The highest BCUT2D eigenvalue weighted by molar-refractivity contribution is 5.96. The lowest BCUT2D eigenvalue weighted by Crippen LogP contribution is -1.78. The van der Waals surface area contributed by atoms with E-state index in [9.17, 15) is 0 Å². The first-order chi connectivity index (χ1) is 7.33. The van der Waals surface area contributed by atoms with Gasteiger partial charge in [-0.05, 0) is 40.6 Å². The Morgan fingerprint density at radius 2 is 1.33 bits per heavy atom. The van der Waals surface area contributed by atoms with Crippen LogP contribution in [0, 0.1) is 19.1 Å². The number of aryl methyl sites for hydroxylation is 1. The van der Waals surface area contributed by atoms with Crippen LogP contribution in [0.15, 0.2) is 42.5 Å². The van der Waals surface area contributed by atoms with Gasteiger partial charge in [0, 0.05) is 0 Å². The molecule has 70 valence electrons. The van der Waals surface area contributed by atoms with E-state index in [1.54, 1.807) is 0 Å². The number of rotatable bonds is 0. The Hall–Kier alpha value is -1.82. The molecule has 0 heteroatoms. The van der Waals surface area contributed by atoms with Gasteiger partial charge in [-0.1, -0.05) is 48.0 Å². The molecule has 0 heterocycles.